The van der Waals surface area contributed by atoms with E-state index in [1.54, 1.807) is 0 Å². The van der Waals surface area contributed by atoms with Gasteiger partial charge in [0.05, 0.1) is 0 Å². The van der Waals surface area contributed by atoms with Gasteiger partial charge < -0.3 is 4.74 Å². The second-order valence-electron chi connectivity index (χ2n) is 3.94. The van der Waals surface area contributed by atoms with Crippen molar-refractivity contribution < 1.29 is 4.74 Å². The fourth-order valence-electron chi connectivity index (χ4n) is 2.05. The molecule has 1 rings (SSSR count). The highest BCUT2D eigenvalue weighted by Gasteiger charge is 2.26. The zero-order valence-electron chi connectivity index (χ0n) is 7.97. The molecular weight excluding hydrogens is 136 g/mol. The summed E-state index contributed by atoms with van der Waals surface area (Å²) < 4.78 is 5.48. The molecule has 0 aromatic rings. The molecule has 0 bridgehead atoms. The van der Waals surface area contributed by atoms with Crippen molar-refractivity contribution in [2.75, 3.05) is 13.2 Å². The Bertz CT molecular complexity index is 109. The van der Waals surface area contributed by atoms with Gasteiger partial charge in [0, 0.05) is 13.2 Å². The summed E-state index contributed by atoms with van der Waals surface area (Å²) in [6.45, 7) is 8.90. The summed E-state index contributed by atoms with van der Waals surface area (Å²) in [5, 5.41) is 0. The molecule has 1 saturated heterocycles. The molecule has 0 radical (unpaired) electrons. The smallest absolute Gasteiger partial charge is 0.0499 e. The third-order valence-electron chi connectivity index (χ3n) is 2.93. The predicted octanol–water partition coefficient (Wildman–Crippen LogP) is 2.71. The fourth-order valence-corrected chi connectivity index (χ4v) is 2.05. The van der Waals surface area contributed by atoms with Crippen LogP contribution in [0.25, 0.3) is 0 Å². The van der Waals surface area contributed by atoms with Crippen LogP contribution in [0.2, 0.25) is 0 Å². The molecule has 2 atom stereocenters. The Morgan fingerprint density at radius 1 is 1.45 bits per heavy atom. The Balaban J connectivity index is 2.44. The summed E-state index contributed by atoms with van der Waals surface area (Å²) in [4.78, 5) is 0. The Morgan fingerprint density at radius 3 is 2.64 bits per heavy atom. The van der Waals surface area contributed by atoms with Crippen molar-refractivity contribution in [1.82, 2.24) is 0 Å². The van der Waals surface area contributed by atoms with E-state index in [0.29, 0.717) is 0 Å². The lowest BCUT2D eigenvalue weighted by Crippen LogP contribution is -2.30. The first kappa shape index (κ1) is 9.05. The van der Waals surface area contributed by atoms with E-state index in [0.717, 1.165) is 31.0 Å². The highest BCUT2D eigenvalue weighted by Crippen LogP contribution is 2.30. The maximum absolute atomic E-state index is 5.48. The van der Waals surface area contributed by atoms with Crippen molar-refractivity contribution >= 4 is 0 Å². The molecule has 0 aromatic heterocycles. The second kappa shape index (κ2) is 4.10. The largest absolute Gasteiger partial charge is 0.381 e. The zero-order chi connectivity index (χ0) is 8.27. The molecule has 1 aliphatic rings. The lowest BCUT2D eigenvalue weighted by molar-refractivity contribution is -0.00340. The molecule has 0 amide bonds. The highest BCUT2D eigenvalue weighted by molar-refractivity contribution is 4.74. The molecule has 0 saturated carbocycles. The zero-order valence-corrected chi connectivity index (χ0v) is 7.97. The molecule has 1 heterocycles. The van der Waals surface area contributed by atoms with Crippen LogP contribution in [0.4, 0.5) is 0 Å². The minimum Gasteiger partial charge on any atom is -0.381 e. The number of rotatable bonds is 2. The molecule has 1 heteroatoms. The minimum absolute atomic E-state index is 0.792. The lowest BCUT2D eigenvalue weighted by Gasteiger charge is -2.33. The Morgan fingerprint density at radius 2 is 2.18 bits per heavy atom. The van der Waals surface area contributed by atoms with Crippen molar-refractivity contribution in [3.8, 4) is 0 Å². The molecule has 1 fully saturated rings. The van der Waals surface area contributed by atoms with E-state index in [2.05, 4.69) is 20.8 Å². The maximum Gasteiger partial charge on any atom is 0.0499 e. The van der Waals surface area contributed by atoms with E-state index < -0.39 is 0 Å². The first-order chi connectivity index (χ1) is 5.25. The quantitative estimate of drug-likeness (QED) is 0.597. The predicted molar refractivity (Wildman–Crippen MR) is 47.5 cm³/mol. The van der Waals surface area contributed by atoms with Gasteiger partial charge in [0.1, 0.15) is 0 Å². The molecule has 1 aliphatic heterocycles. The Hall–Kier alpha value is -0.0400. The van der Waals surface area contributed by atoms with Crippen LogP contribution < -0.4 is 0 Å². The highest BCUT2D eigenvalue weighted by atomic mass is 16.5. The number of hydrogen-bond donors (Lipinski definition) is 0. The van der Waals surface area contributed by atoms with Crippen LogP contribution in [-0.4, -0.2) is 13.2 Å². The first-order valence-corrected chi connectivity index (χ1v) is 4.83. The average Bonchev–Trinajstić information content (AvgIpc) is 2.04. The number of ether oxygens (including phenoxy) is 1. The third-order valence-corrected chi connectivity index (χ3v) is 2.93. The van der Waals surface area contributed by atoms with Crippen molar-refractivity contribution in [2.45, 2.75) is 33.6 Å². The number of hydrogen-bond acceptors (Lipinski definition) is 1. The second-order valence-corrected chi connectivity index (χ2v) is 3.94. The maximum atomic E-state index is 5.48. The van der Waals surface area contributed by atoms with Gasteiger partial charge in [0.25, 0.3) is 0 Å². The molecule has 0 aliphatic carbocycles. The van der Waals surface area contributed by atoms with Crippen LogP contribution in [0.1, 0.15) is 33.6 Å². The van der Waals surface area contributed by atoms with E-state index in [-0.39, 0.29) is 0 Å². The van der Waals surface area contributed by atoms with Crippen molar-refractivity contribution in [3.05, 3.63) is 0 Å². The van der Waals surface area contributed by atoms with Crippen LogP contribution in [0.5, 0.6) is 0 Å². The summed E-state index contributed by atoms with van der Waals surface area (Å²) in [5.41, 5.74) is 0. The molecule has 1 unspecified atom stereocenters. The van der Waals surface area contributed by atoms with E-state index in [1.165, 1.54) is 12.8 Å². The summed E-state index contributed by atoms with van der Waals surface area (Å²) in [5.74, 6) is 2.53. The van der Waals surface area contributed by atoms with Gasteiger partial charge in [-0.3, -0.25) is 0 Å². The topological polar surface area (TPSA) is 9.23 Å². The molecule has 11 heavy (non-hydrogen) atoms. The molecule has 0 spiro atoms. The van der Waals surface area contributed by atoms with Crippen LogP contribution in [0.15, 0.2) is 0 Å². The molecule has 0 aromatic carbocycles. The van der Waals surface area contributed by atoms with Gasteiger partial charge in [-0.1, -0.05) is 27.2 Å². The van der Waals surface area contributed by atoms with Crippen LogP contribution in [0, 0.1) is 17.8 Å². The van der Waals surface area contributed by atoms with Gasteiger partial charge in [0.15, 0.2) is 0 Å². The van der Waals surface area contributed by atoms with Gasteiger partial charge in [-0.25, -0.2) is 0 Å². The molecule has 0 N–H and O–H groups in total. The molecular formula is C10H20O. The minimum atomic E-state index is 0.792. The lowest BCUT2D eigenvalue weighted by atomic mass is 9.79. The summed E-state index contributed by atoms with van der Waals surface area (Å²) in [6.07, 6.45) is 2.60. The van der Waals surface area contributed by atoms with Crippen LogP contribution in [-0.2, 0) is 4.74 Å². The average molecular weight is 156 g/mol. The standard InChI is InChI=1S/C10H20O/c1-4-9-5-6-11-7-10(9)8(2)3/h8-10H,4-7H2,1-3H3/t9?,10-/m0/s1. The SMILES string of the molecule is CCC1CCOC[C@H]1C(C)C. The molecule has 66 valence electrons. The first-order valence-electron chi connectivity index (χ1n) is 4.83. The normalized spacial score (nSPS) is 32.7. The van der Waals surface area contributed by atoms with E-state index in [1.807, 2.05) is 0 Å². The summed E-state index contributed by atoms with van der Waals surface area (Å²) in [7, 11) is 0. The Labute approximate surface area is 70.1 Å². The van der Waals surface area contributed by atoms with Gasteiger partial charge in [0.2, 0.25) is 0 Å². The molecule has 1 nitrogen and oxygen atoms in total. The van der Waals surface area contributed by atoms with Crippen LogP contribution >= 0.6 is 0 Å². The summed E-state index contributed by atoms with van der Waals surface area (Å²) >= 11 is 0. The third kappa shape index (κ3) is 2.19. The van der Waals surface area contributed by atoms with Crippen molar-refractivity contribution in [3.63, 3.8) is 0 Å². The van der Waals surface area contributed by atoms with Gasteiger partial charge in [-0.05, 0) is 24.2 Å². The van der Waals surface area contributed by atoms with Gasteiger partial charge >= 0.3 is 0 Å². The van der Waals surface area contributed by atoms with Crippen molar-refractivity contribution in [1.29, 1.82) is 0 Å². The monoisotopic (exact) mass is 156 g/mol. The van der Waals surface area contributed by atoms with E-state index >= 15 is 0 Å². The van der Waals surface area contributed by atoms with E-state index in [9.17, 15) is 0 Å². The van der Waals surface area contributed by atoms with Gasteiger partial charge in [-0.2, -0.15) is 0 Å². The van der Waals surface area contributed by atoms with Crippen LogP contribution in [0.3, 0.4) is 0 Å². The Kier molecular flexibility index (Phi) is 3.38. The van der Waals surface area contributed by atoms with E-state index in [4.69, 9.17) is 4.74 Å². The fraction of sp³-hybridized carbons (Fsp3) is 1.00. The van der Waals surface area contributed by atoms with Crippen molar-refractivity contribution in [2.24, 2.45) is 17.8 Å². The van der Waals surface area contributed by atoms with Gasteiger partial charge in [-0.15, -0.1) is 0 Å². The summed E-state index contributed by atoms with van der Waals surface area (Å²) in [6, 6.07) is 0.